The van der Waals surface area contributed by atoms with Gasteiger partial charge in [0.05, 0.1) is 6.07 Å². The third-order valence-corrected chi connectivity index (χ3v) is 3.42. The van der Waals surface area contributed by atoms with E-state index in [1.807, 2.05) is 38.1 Å². The van der Waals surface area contributed by atoms with Crippen LogP contribution in [0.3, 0.4) is 0 Å². The van der Waals surface area contributed by atoms with Gasteiger partial charge in [0.2, 0.25) is 0 Å². The van der Waals surface area contributed by atoms with Crippen LogP contribution in [0.4, 0.5) is 0 Å². The lowest BCUT2D eigenvalue weighted by atomic mass is 10.0. The first-order chi connectivity index (χ1) is 9.97. The molecular weight excluding hydrogens is 266 g/mol. The summed E-state index contributed by atoms with van der Waals surface area (Å²) in [6.07, 6.45) is 0.512. The Morgan fingerprint density at radius 2 is 2.10 bits per heavy atom. The minimum Gasteiger partial charge on any atom is -0.355 e. The van der Waals surface area contributed by atoms with E-state index in [0.717, 1.165) is 11.1 Å². The summed E-state index contributed by atoms with van der Waals surface area (Å²) in [5, 5.41) is 15.5. The molecule has 1 aromatic carbocycles. The van der Waals surface area contributed by atoms with Gasteiger partial charge < -0.3 is 9.84 Å². The second-order valence-corrected chi connectivity index (χ2v) is 5.19. The maximum atomic E-state index is 12.1. The fourth-order valence-corrected chi connectivity index (χ4v) is 1.75. The molecule has 5 nitrogen and oxygen atoms in total. The fourth-order valence-electron chi connectivity index (χ4n) is 1.75. The first-order valence-corrected chi connectivity index (χ1v) is 6.75. The summed E-state index contributed by atoms with van der Waals surface area (Å²) < 4.78 is 5.20. The normalized spacial score (nSPS) is 13.2. The second-order valence-electron chi connectivity index (χ2n) is 5.19. The Morgan fingerprint density at radius 1 is 1.43 bits per heavy atom. The van der Waals surface area contributed by atoms with Crippen molar-refractivity contribution in [2.45, 2.75) is 32.7 Å². The first kappa shape index (κ1) is 14.8. The Balaban J connectivity index is 2.18. The summed E-state index contributed by atoms with van der Waals surface area (Å²) >= 11 is 0. The van der Waals surface area contributed by atoms with Crippen LogP contribution in [0.25, 0.3) is 11.3 Å². The van der Waals surface area contributed by atoms with Gasteiger partial charge in [0, 0.05) is 11.6 Å². The van der Waals surface area contributed by atoms with Gasteiger partial charge >= 0.3 is 0 Å². The molecule has 1 aromatic heterocycles. The van der Waals surface area contributed by atoms with Crippen molar-refractivity contribution in [1.29, 1.82) is 5.26 Å². The van der Waals surface area contributed by atoms with E-state index >= 15 is 0 Å². The zero-order chi connectivity index (χ0) is 15.5. The molecule has 108 valence electrons. The highest BCUT2D eigenvalue weighted by atomic mass is 16.5. The molecule has 0 fully saturated rings. The lowest BCUT2D eigenvalue weighted by molar-refractivity contribution is 0.0914. The Morgan fingerprint density at radius 3 is 2.67 bits per heavy atom. The number of benzene rings is 1. The number of carbonyl (C=O) groups is 1. The third kappa shape index (κ3) is 3.29. The van der Waals surface area contributed by atoms with Crippen molar-refractivity contribution in [3.63, 3.8) is 0 Å². The molecular formula is C16H17N3O2. The Labute approximate surface area is 123 Å². The zero-order valence-electron chi connectivity index (χ0n) is 12.3. The molecule has 5 heteroatoms. The minimum atomic E-state index is -0.903. The number of amides is 1. The van der Waals surface area contributed by atoms with Gasteiger partial charge in [-0.3, -0.25) is 4.79 Å². The van der Waals surface area contributed by atoms with Crippen LogP contribution >= 0.6 is 0 Å². The maximum absolute atomic E-state index is 12.1. The lowest BCUT2D eigenvalue weighted by Gasteiger charge is -2.20. The molecule has 2 rings (SSSR count). The molecule has 1 N–H and O–H groups in total. The van der Waals surface area contributed by atoms with Crippen molar-refractivity contribution in [3.8, 4) is 17.4 Å². The molecule has 0 aliphatic carbocycles. The summed E-state index contributed by atoms with van der Waals surface area (Å²) in [5.41, 5.74) is 1.26. The van der Waals surface area contributed by atoms with Crippen LogP contribution in [0.5, 0.6) is 0 Å². The van der Waals surface area contributed by atoms with E-state index in [1.165, 1.54) is 0 Å². The van der Waals surface area contributed by atoms with Gasteiger partial charge in [-0.2, -0.15) is 5.26 Å². The van der Waals surface area contributed by atoms with E-state index < -0.39 is 11.4 Å². The van der Waals surface area contributed by atoms with Crippen LogP contribution < -0.4 is 5.32 Å². The van der Waals surface area contributed by atoms with Gasteiger partial charge in [0.15, 0.2) is 11.5 Å². The number of aryl methyl sites for hydroxylation is 1. The third-order valence-electron chi connectivity index (χ3n) is 3.42. The smallest absolute Gasteiger partial charge is 0.274 e. The first-order valence-electron chi connectivity index (χ1n) is 6.75. The summed E-state index contributed by atoms with van der Waals surface area (Å²) in [6.45, 7) is 5.51. The lowest BCUT2D eigenvalue weighted by Crippen LogP contribution is -2.44. The Hall–Kier alpha value is -2.61. The number of aromatic nitrogens is 1. The van der Waals surface area contributed by atoms with E-state index in [4.69, 9.17) is 9.78 Å². The van der Waals surface area contributed by atoms with Crippen molar-refractivity contribution >= 4 is 5.91 Å². The quantitative estimate of drug-likeness (QED) is 0.935. The summed E-state index contributed by atoms with van der Waals surface area (Å²) in [5.74, 6) is 0.110. The number of nitrogens with one attached hydrogen (secondary N) is 1. The molecule has 21 heavy (non-hydrogen) atoms. The number of hydrogen-bond donors (Lipinski definition) is 1. The van der Waals surface area contributed by atoms with Gasteiger partial charge in [-0.1, -0.05) is 41.9 Å². The number of nitrogens with zero attached hydrogens (tertiary/aromatic N) is 2. The number of nitriles is 1. The number of rotatable bonds is 4. The standard InChI is InChI=1S/C16H17N3O2/c1-4-16(3,10-17)18-15(20)13-9-14(21-19-13)12-7-5-11(2)6-8-12/h5-9H,4H2,1-3H3,(H,18,20). The Kier molecular flexibility index (Phi) is 4.08. The Bertz CT molecular complexity index is 682. The SMILES string of the molecule is CCC(C)(C#N)NC(=O)c1cc(-c2ccc(C)cc2)on1. The minimum absolute atomic E-state index is 0.167. The van der Waals surface area contributed by atoms with Gasteiger partial charge in [-0.05, 0) is 20.3 Å². The van der Waals surface area contributed by atoms with E-state index in [9.17, 15) is 4.79 Å². The molecule has 0 bridgehead atoms. The fraction of sp³-hybridized carbons (Fsp3) is 0.312. The average Bonchev–Trinajstić information content (AvgIpc) is 2.98. The van der Waals surface area contributed by atoms with Crippen LogP contribution in [0, 0.1) is 18.3 Å². The summed E-state index contributed by atoms with van der Waals surface area (Å²) in [4.78, 5) is 12.1. The van der Waals surface area contributed by atoms with Crippen molar-refractivity contribution in [2.75, 3.05) is 0 Å². The van der Waals surface area contributed by atoms with E-state index in [1.54, 1.807) is 13.0 Å². The van der Waals surface area contributed by atoms with Crippen molar-refractivity contribution in [2.24, 2.45) is 0 Å². The predicted molar refractivity (Wildman–Crippen MR) is 78.5 cm³/mol. The summed E-state index contributed by atoms with van der Waals surface area (Å²) in [7, 11) is 0. The molecule has 0 aliphatic heterocycles. The molecule has 0 aliphatic rings. The van der Waals surface area contributed by atoms with Crippen LogP contribution in [0.1, 0.15) is 36.3 Å². The van der Waals surface area contributed by atoms with Gasteiger partial charge in [0.1, 0.15) is 5.54 Å². The maximum Gasteiger partial charge on any atom is 0.274 e. The molecule has 0 saturated heterocycles. The predicted octanol–water partition coefficient (Wildman–Crippen LogP) is 3.07. The second kappa shape index (κ2) is 5.80. The van der Waals surface area contributed by atoms with E-state index in [-0.39, 0.29) is 5.69 Å². The largest absolute Gasteiger partial charge is 0.355 e. The van der Waals surface area contributed by atoms with Crippen molar-refractivity contribution < 1.29 is 9.32 Å². The molecule has 2 aromatic rings. The highest BCUT2D eigenvalue weighted by Crippen LogP contribution is 2.21. The molecule has 1 heterocycles. The average molecular weight is 283 g/mol. The van der Waals surface area contributed by atoms with Crippen LogP contribution in [-0.4, -0.2) is 16.6 Å². The zero-order valence-corrected chi connectivity index (χ0v) is 12.3. The topological polar surface area (TPSA) is 78.9 Å². The van der Waals surface area contributed by atoms with Crippen LogP contribution in [-0.2, 0) is 0 Å². The van der Waals surface area contributed by atoms with Gasteiger partial charge in [-0.25, -0.2) is 0 Å². The summed E-state index contributed by atoms with van der Waals surface area (Å²) in [6, 6.07) is 11.4. The molecule has 0 radical (unpaired) electrons. The van der Waals surface area contributed by atoms with E-state index in [0.29, 0.717) is 12.2 Å². The van der Waals surface area contributed by atoms with Gasteiger partial charge in [-0.15, -0.1) is 0 Å². The molecule has 1 atom stereocenters. The molecule has 1 unspecified atom stereocenters. The van der Waals surface area contributed by atoms with Crippen LogP contribution in [0.2, 0.25) is 0 Å². The number of hydrogen-bond acceptors (Lipinski definition) is 4. The monoisotopic (exact) mass is 283 g/mol. The molecule has 0 spiro atoms. The highest BCUT2D eigenvalue weighted by molar-refractivity contribution is 5.93. The van der Waals surface area contributed by atoms with Gasteiger partial charge in [0.25, 0.3) is 5.91 Å². The van der Waals surface area contributed by atoms with Crippen molar-refractivity contribution in [1.82, 2.24) is 10.5 Å². The number of carbonyl (C=O) groups excluding carboxylic acids is 1. The molecule has 0 saturated carbocycles. The highest BCUT2D eigenvalue weighted by Gasteiger charge is 2.26. The molecule has 1 amide bonds. The van der Waals surface area contributed by atoms with Crippen LogP contribution in [0.15, 0.2) is 34.9 Å². The van der Waals surface area contributed by atoms with Crippen molar-refractivity contribution in [3.05, 3.63) is 41.6 Å². The van der Waals surface area contributed by atoms with E-state index in [2.05, 4.69) is 16.5 Å².